The number of aliphatic hydroxyl groups is 1. The zero-order chi connectivity index (χ0) is 17.3. The van der Waals surface area contributed by atoms with Gasteiger partial charge in [0.1, 0.15) is 0 Å². The van der Waals surface area contributed by atoms with Gasteiger partial charge >= 0.3 is 5.97 Å². The predicted molar refractivity (Wildman–Crippen MR) is 99.5 cm³/mol. The standard InChI is InChI=1S/C18H16INO4/c1-2-24-17(22)18(23)15(14(10-19)16(21)20-18)13-9-5-7-11-6-3-4-8-12(11)13/h3-9,23H,2,10H2,1H3,(H,20,21). The summed E-state index contributed by atoms with van der Waals surface area (Å²) in [6.07, 6.45) is 0. The Morgan fingerprint density at radius 2 is 1.96 bits per heavy atom. The molecule has 1 aliphatic heterocycles. The summed E-state index contributed by atoms with van der Waals surface area (Å²) in [5.41, 5.74) is -0.870. The molecule has 2 N–H and O–H groups in total. The van der Waals surface area contributed by atoms with Crippen molar-refractivity contribution in [1.82, 2.24) is 5.32 Å². The summed E-state index contributed by atoms with van der Waals surface area (Å²) in [4.78, 5) is 24.7. The van der Waals surface area contributed by atoms with Crippen LogP contribution in [0.1, 0.15) is 12.5 Å². The Balaban J connectivity index is 2.29. The van der Waals surface area contributed by atoms with Gasteiger partial charge in [-0.3, -0.25) is 4.79 Å². The number of esters is 1. The van der Waals surface area contributed by atoms with Crippen molar-refractivity contribution in [2.75, 3.05) is 11.0 Å². The van der Waals surface area contributed by atoms with Gasteiger partial charge in [0.25, 0.3) is 11.6 Å². The van der Waals surface area contributed by atoms with Gasteiger partial charge in [0.05, 0.1) is 6.61 Å². The van der Waals surface area contributed by atoms with Gasteiger partial charge in [-0.15, -0.1) is 0 Å². The smallest absolute Gasteiger partial charge is 0.364 e. The van der Waals surface area contributed by atoms with Gasteiger partial charge in [-0.25, -0.2) is 4.79 Å². The fraction of sp³-hybridized carbons (Fsp3) is 0.222. The lowest BCUT2D eigenvalue weighted by Gasteiger charge is -2.25. The molecule has 0 aliphatic carbocycles. The Labute approximate surface area is 152 Å². The minimum Gasteiger partial charge on any atom is -0.462 e. The molecule has 0 saturated heterocycles. The lowest BCUT2D eigenvalue weighted by atomic mass is 9.90. The number of rotatable bonds is 4. The Kier molecular flexibility index (Phi) is 4.60. The second-order valence-corrected chi connectivity index (χ2v) is 6.16. The number of halogens is 1. The third kappa shape index (κ3) is 2.59. The second-order valence-electron chi connectivity index (χ2n) is 5.40. The van der Waals surface area contributed by atoms with E-state index in [1.165, 1.54) is 0 Å². The number of hydrogen-bond acceptors (Lipinski definition) is 4. The molecular weight excluding hydrogens is 421 g/mol. The molecule has 24 heavy (non-hydrogen) atoms. The van der Waals surface area contributed by atoms with E-state index in [4.69, 9.17) is 4.74 Å². The summed E-state index contributed by atoms with van der Waals surface area (Å²) in [7, 11) is 0. The summed E-state index contributed by atoms with van der Waals surface area (Å²) >= 11 is 2.05. The van der Waals surface area contributed by atoms with E-state index in [9.17, 15) is 14.7 Å². The molecule has 6 heteroatoms. The maximum absolute atomic E-state index is 12.4. The third-order valence-corrected chi connectivity index (χ3v) is 4.76. The summed E-state index contributed by atoms with van der Waals surface area (Å²) < 4.78 is 5.36. The molecule has 124 valence electrons. The predicted octanol–water partition coefficient (Wildman–Crippen LogP) is 2.41. The van der Waals surface area contributed by atoms with Crippen LogP contribution in [0.15, 0.2) is 48.0 Å². The molecule has 0 aromatic heterocycles. The van der Waals surface area contributed by atoms with Crippen LogP contribution in [-0.4, -0.2) is 33.7 Å². The van der Waals surface area contributed by atoms with E-state index < -0.39 is 17.6 Å². The number of ether oxygens (including phenoxy) is 1. The molecule has 2 aromatic rings. The maximum Gasteiger partial charge on any atom is 0.364 e. The Morgan fingerprint density at radius 3 is 2.67 bits per heavy atom. The molecule has 1 atom stereocenters. The Bertz CT molecular complexity index is 856. The largest absolute Gasteiger partial charge is 0.462 e. The average Bonchev–Trinajstić information content (AvgIpc) is 2.85. The lowest BCUT2D eigenvalue weighted by molar-refractivity contribution is -0.162. The van der Waals surface area contributed by atoms with Gasteiger partial charge in [-0.05, 0) is 23.3 Å². The SMILES string of the molecule is CCOC(=O)C1(O)NC(=O)C(CI)=C1c1cccc2ccccc12. The van der Waals surface area contributed by atoms with E-state index >= 15 is 0 Å². The Morgan fingerprint density at radius 1 is 1.25 bits per heavy atom. The number of carbonyl (C=O) groups excluding carboxylic acids is 2. The van der Waals surface area contributed by atoms with Crippen LogP contribution in [0.25, 0.3) is 16.3 Å². The quantitative estimate of drug-likeness (QED) is 0.438. The van der Waals surface area contributed by atoms with Gasteiger partial charge in [-0.1, -0.05) is 65.1 Å². The number of benzene rings is 2. The van der Waals surface area contributed by atoms with Crippen LogP contribution in [0.2, 0.25) is 0 Å². The first-order valence-corrected chi connectivity index (χ1v) is 9.05. The van der Waals surface area contributed by atoms with Crippen molar-refractivity contribution in [3.63, 3.8) is 0 Å². The highest BCUT2D eigenvalue weighted by atomic mass is 127. The van der Waals surface area contributed by atoms with Gasteiger partial charge in [-0.2, -0.15) is 0 Å². The van der Waals surface area contributed by atoms with Crippen molar-refractivity contribution in [1.29, 1.82) is 0 Å². The van der Waals surface area contributed by atoms with Crippen LogP contribution >= 0.6 is 22.6 Å². The van der Waals surface area contributed by atoms with Crippen molar-refractivity contribution >= 4 is 50.8 Å². The van der Waals surface area contributed by atoms with Crippen molar-refractivity contribution in [3.05, 3.63) is 53.6 Å². The Hall–Kier alpha value is -1.93. The first-order valence-electron chi connectivity index (χ1n) is 7.52. The van der Waals surface area contributed by atoms with Gasteiger partial charge in [0.15, 0.2) is 0 Å². The number of amides is 1. The van der Waals surface area contributed by atoms with Gasteiger partial charge in [0, 0.05) is 15.6 Å². The molecule has 0 saturated carbocycles. The van der Waals surface area contributed by atoms with Gasteiger partial charge < -0.3 is 15.2 Å². The van der Waals surface area contributed by atoms with Gasteiger partial charge in [0.2, 0.25) is 0 Å². The molecule has 0 bridgehead atoms. The molecule has 1 amide bonds. The summed E-state index contributed by atoms with van der Waals surface area (Å²) in [5, 5.41) is 15.2. The van der Waals surface area contributed by atoms with E-state index in [0.29, 0.717) is 15.6 Å². The molecule has 3 rings (SSSR count). The van der Waals surface area contributed by atoms with Crippen molar-refractivity contribution < 1.29 is 19.4 Å². The highest BCUT2D eigenvalue weighted by Crippen LogP contribution is 2.39. The summed E-state index contributed by atoms with van der Waals surface area (Å²) in [5.74, 6) is -1.33. The zero-order valence-corrected chi connectivity index (χ0v) is 15.2. The number of fused-ring (bicyclic) bond motifs is 1. The van der Waals surface area contributed by atoms with Crippen LogP contribution in [0.5, 0.6) is 0 Å². The second kappa shape index (κ2) is 6.52. The fourth-order valence-corrected chi connectivity index (χ4v) is 3.68. The molecule has 0 fully saturated rings. The highest BCUT2D eigenvalue weighted by molar-refractivity contribution is 14.1. The molecular formula is C18H16INO4. The molecule has 1 aliphatic rings. The maximum atomic E-state index is 12.4. The highest BCUT2D eigenvalue weighted by Gasteiger charge is 2.51. The van der Waals surface area contributed by atoms with E-state index in [1.807, 2.05) is 59.0 Å². The topological polar surface area (TPSA) is 75.6 Å². The zero-order valence-electron chi connectivity index (χ0n) is 13.0. The minimum atomic E-state index is -2.17. The van der Waals surface area contributed by atoms with Crippen molar-refractivity contribution in [3.8, 4) is 0 Å². The van der Waals surface area contributed by atoms with Crippen LogP contribution in [0.4, 0.5) is 0 Å². The van der Waals surface area contributed by atoms with Crippen LogP contribution in [0.3, 0.4) is 0 Å². The third-order valence-electron chi connectivity index (χ3n) is 4.00. The summed E-state index contributed by atoms with van der Waals surface area (Å²) in [6.45, 7) is 1.76. The van der Waals surface area contributed by atoms with Crippen LogP contribution < -0.4 is 5.32 Å². The number of carbonyl (C=O) groups is 2. The first kappa shape index (κ1) is 16.9. The normalized spacial score (nSPS) is 20.4. The molecule has 0 spiro atoms. The molecule has 0 radical (unpaired) electrons. The first-order chi connectivity index (χ1) is 11.5. The van der Waals surface area contributed by atoms with Crippen molar-refractivity contribution in [2.45, 2.75) is 12.6 Å². The van der Waals surface area contributed by atoms with E-state index in [2.05, 4.69) is 5.32 Å². The van der Waals surface area contributed by atoms with E-state index in [-0.39, 0.29) is 12.2 Å². The fourth-order valence-electron chi connectivity index (χ4n) is 2.95. The van der Waals surface area contributed by atoms with Crippen LogP contribution in [0, 0.1) is 0 Å². The monoisotopic (exact) mass is 437 g/mol. The molecule has 2 aromatic carbocycles. The van der Waals surface area contributed by atoms with Crippen molar-refractivity contribution in [2.24, 2.45) is 0 Å². The minimum absolute atomic E-state index is 0.111. The number of nitrogens with one attached hydrogen (secondary N) is 1. The number of alkyl halides is 1. The lowest BCUT2D eigenvalue weighted by Crippen LogP contribution is -2.52. The molecule has 5 nitrogen and oxygen atoms in total. The molecule has 1 unspecified atom stereocenters. The van der Waals surface area contributed by atoms with Crippen LogP contribution in [-0.2, 0) is 14.3 Å². The number of hydrogen-bond donors (Lipinski definition) is 2. The average molecular weight is 437 g/mol. The summed E-state index contributed by atoms with van der Waals surface area (Å²) in [6, 6.07) is 13.2. The van der Waals surface area contributed by atoms with E-state index in [0.717, 1.165) is 10.8 Å². The molecule has 1 heterocycles. The van der Waals surface area contributed by atoms with E-state index in [1.54, 1.807) is 13.0 Å².